The SMILES string of the molecule is CSc1ccc2cc(CN3C(=O)C(=O)N(Cc4ccccc4)C3=O)c(Cl)nc2c1. The molecule has 1 fully saturated rings. The molecule has 4 amide bonds. The van der Waals surface area contributed by atoms with Crippen LogP contribution in [-0.2, 0) is 22.7 Å². The highest BCUT2D eigenvalue weighted by Gasteiger charge is 2.44. The Labute approximate surface area is 176 Å². The van der Waals surface area contributed by atoms with Crippen LogP contribution in [0.25, 0.3) is 10.9 Å². The standard InChI is InChI=1S/C21H16ClN3O3S/c1-29-16-8-7-14-9-15(18(22)23-17(14)10-16)12-25-20(27)19(26)24(21(25)28)11-13-5-3-2-4-6-13/h2-10H,11-12H2,1H3. The number of amides is 4. The lowest BCUT2D eigenvalue weighted by atomic mass is 10.1. The number of imide groups is 2. The molecule has 6 nitrogen and oxygen atoms in total. The van der Waals surface area contributed by atoms with Crippen LogP contribution >= 0.6 is 23.4 Å². The summed E-state index contributed by atoms with van der Waals surface area (Å²) in [5.74, 6) is -1.70. The summed E-state index contributed by atoms with van der Waals surface area (Å²) in [4.78, 5) is 44.8. The number of aromatic nitrogens is 1. The minimum Gasteiger partial charge on any atom is -0.263 e. The molecule has 146 valence electrons. The quantitative estimate of drug-likeness (QED) is 0.266. The summed E-state index contributed by atoms with van der Waals surface area (Å²) in [5, 5.41) is 1.04. The zero-order valence-corrected chi connectivity index (χ0v) is 17.0. The summed E-state index contributed by atoms with van der Waals surface area (Å²) < 4.78 is 0. The Morgan fingerprint density at radius 2 is 1.62 bits per heavy atom. The molecule has 4 rings (SSSR count). The molecule has 0 bridgehead atoms. The van der Waals surface area contributed by atoms with Gasteiger partial charge >= 0.3 is 17.8 Å². The average molecular weight is 426 g/mol. The molecule has 0 N–H and O–H groups in total. The first-order valence-corrected chi connectivity index (χ1v) is 10.4. The van der Waals surface area contributed by atoms with Crippen molar-refractivity contribution in [3.63, 3.8) is 0 Å². The zero-order valence-electron chi connectivity index (χ0n) is 15.5. The van der Waals surface area contributed by atoms with Crippen molar-refractivity contribution < 1.29 is 14.4 Å². The fourth-order valence-corrected chi connectivity index (χ4v) is 3.81. The topological polar surface area (TPSA) is 70.6 Å². The number of fused-ring (bicyclic) bond motifs is 1. The Morgan fingerprint density at radius 3 is 2.31 bits per heavy atom. The summed E-state index contributed by atoms with van der Waals surface area (Å²) in [6.45, 7) is -0.0668. The number of rotatable bonds is 5. The Morgan fingerprint density at radius 1 is 0.931 bits per heavy atom. The van der Waals surface area contributed by atoms with Gasteiger partial charge in [-0.2, -0.15) is 0 Å². The van der Waals surface area contributed by atoms with Gasteiger partial charge in [0, 0.05) is 15.8 Å². The van der Waals surface area contributed by atoms with Gasteiger partial charge in [-0.25, -0.2) is 9.78 Å². The van der Waals surface area contributed by atoms with Crippen LogP contribution in [0.15, 0.2) is 59.5 Å². The van der Waals surface area contributed by atoms with E-state index >= 15 is 0 Å². The average Bonchev–Trinajstić information content (AvgIpc) is 2.93. The second-order valence-corrected chi connectivity index (χ2v) is 7.79. The summed E-state index contributed by atoms with van der Waals surface area (Å²) in [7, 11) is 0. The minimum atomic E-state index is -0.861. The molecular formula is C21H16ClN3O3S. The van der Waals surface area contributed by atoms with Gasteiger partial charge in [-0.05, 0) is 30.0 Å². The summed E-state index contributed by atoms with van der Waals surface area (Å²) in [5.41, 5.74) is 2.00. The van der Waals surface area contributed by atoms with Crippen LogP contribution < -0.4 is 0 Å². The predicted octanol–water partition coefficient (Wildman–Crippen LogP) is 4.10. The van der Waals surface area contributed by atoms with Crippen molar-refractivity contribution in [3.8, 4) is 0 Å². The number of hydrogen-bond acceptors (Lipinski definition) is 5. The number of carbonyl (C=O) groups is 3. The normalized spacial score (nSPS) is 14.3. The van der Waals surface area contributed by atoms with Crippen molar-refractivity contribution >= 4 is 52.1 Å². The second-order valence-electron chi connectivity index (χ2n) is 6.55. The lowest BCUT2D eigenvalue weighted by Gasteiger charge is -2.16. The van der Waals surface area contributed by atoms with E-state index in [2.05, 4.69) is 4.98 Å². The third-order valence-electron chi connectivity index (χ3n) is 4.70. The van der Waals surface area contributed by atoms with E-state index in [0.29, 0.717) is 5.56 Å². The van der Waals surface area contributed by atoms with E-state index in [9.17, 15) is 14.4 Å². The van der Waals surface area contributed by atoms with Crippen LogP contribution in [0.4, 0.5) is 4.79 Å². The third-order valence-corrected chi connectivity index (χ3v) is 5.75. The van der Waals surface area contributed by atoms with Crippen LogP contribution in [0.2, 0.25) is 5.15 Å². The number of benzene rings is 2. The summed E-state index contributed by atoms with van der Waals surface area (Å²) >= 11 is 7.91. The zero-order chi connectivity index (χ0) is 20.5. The molecule has 1 saturated heterocycles. The molecule has 1 aliphatic heterocycles. The van der Waals surface area contributed by atoms with E-state index in [4.69, 9.17) is 11.6 Å². The van der Waals surface area contributed by atoms with E-state index in [-0.39, 0.29) is 18.2 Å². The molecule has 29 heavy (non-hydrogen) atoms. The van der Waals surface area contributed by atoms with Crippen molar-refractivity contribution in [1.82, 2.24) is 14.8 Å². The highest BCUT2D eigenvalue weighted by Crippen LogP contribution is 2.27. The fraction of sp³-hybridized carbons (Fsp3) is 0.143. The van der Waals surface area contributed by atoms with Crippen molar-refractivity contribution in [2.24, 2.45) is 0 Å². The van der Waals surface area contributed by atoms with Gasteiger partial charge in [-0.1, -0.05) is 48.0 Å². The predicted molar refractivity (Wildman–Crippen MR) is 111 cm³/mol. The van der Waals surface area contributed by atoms with Gasteiger partial charge < -0.3 is 0 Å². The Balaban J connectivity index is 1.60. The van der Waals surface area contributed by atoms with Crippen LogP contribution in [-0.4, -0.2) is 38.9 Å². The Kier molecular flexibility index (Phi) is 5.25. The molecule has 0 atom stereocenters. The van der Waals surface area contributed by atoms with Crippen molar-refractivity contribution in [2.45, 2.75) is 18.0 Å². The monoisotopic (exact) mass is 425 g/mol. The third kappa shape index (κ3) is 3.71. The van der Waals surface area contributed by atoms with E-state index < -0.39 is 17.8 Å². The van der Waals surface area contributed by atoms with E-state index in [0.717, 1.165) is 31.2 Å². The first-order valence-electron chi connectivity index (χ1n) is 8.82. The minimum absolute atomic E-state index is 0.0436. The highest BCUT2D eigenvalue weighted by atomic mass is 35.5. The maximum atomic E-state index is 12.7. The molecule has 3 aromatic rings. The number of hydrogen-bond donors (Lipinski definition) is 0. The van der Waals surface area contributed by atoms with E-state index in [1.54, 1.807) is 30.0 Å². The lowest BCUT2D eigenvalue weighted by molar-refractivity contribution is -0.143. The molecule has 1 aromatic heterocycles. The van der Waals surface area contributed by atoms with Crippen LogP contribution in [0.3, 0.4) is 0 Å². The summed E-state index contributed by atoms with van der Waals surface area (Å²) in [6, 6.07) is 16.0. The van der Waals surface area contributed by atoms with Crippen molar-refractivity contribution in [1.29, 1.82) is 0 Å². The molecule has 2 heterocycles. The molecule has 8 heteroatoms. The maximum absolute atomic E-state index is 12.7. The highest BCUT2D eigenvalue weighted by molar-refractivity contribution is 7.98. The molecule has 1 aliphatic rings. The molecule has 0 spiro atoms. The number of thioether (sulfide) groups is 1. The van der Waals surface area contributed by atoms with Gasteiger partial charge in [0.05, 0.1) is 18.6 Å². The van der Waals surface area contributed by atoms with E-state index in [1.807, 2.05) is 42.7 Å². The van der Waals surface area contributed by atoms with Gasteiger partial charge in [0.1, 0.15) is 5.15 Å². The van der Waals surface area contributed by atoms with Crippen LogP contribution in [0.5, 0.6) is 0 Å². The number of carbonyl (C=O) groups excluding carboxylic acids is 3. The number of pyridine rings is 1. The molecule has 0 saturated carbocycles. The molecule has 0 aliphatic carbocycles. The fourth-order valence-electron chi connectivity index (χ4n) is 3.17. The van der Waals surface area contributed by atoms with Gasteiger partial charge in [0.15, 0.2) is 0 Å². The smallest absolute Gasteiger partial charge is 0.263 e. The van der Waals surface area contributed by atoms with Gasteiger partial charge in [-0.3, -0.25) is 19.4 Å². The van der Waals surface area contributed by atoms with Crippen LogP contribution in [0.1, 0.15) is 11.1 Å². The van der Waals surface area contributed by atoms with Crippen LogP contribution in [0, 0.1) is 0 Å². The first kappa shape index (κ1) is 19.4. The number of nitrogens with zero attached hydrogens (tertiary/aromatic N) is 3. The van der Waals surface area contributed by atoms with Crippen molar-refractivity contribution in [3.05, 3.63) is 70.9 Å². The Bertz CT molecular complexity index is 1140. The van der Waals surface area contributed by atoms with Gasteiger partial charge in [0.25, 0.3) is 0 Å². The molecular weight excluding hydrogens is 410 g/mol. The summed E-state index contributed by atoms with van der Waals surface area (Å²) in [6.07, 6.45) is 1.97. The molecule has 0 radical (unpaired) electrons. The Hall–Kier alpha value is -2.90. The van der Waals surface area contributed by atoms with Gasteiger partial charge in [-0.15, -0.1) is 11.8 Å². The largest absolute Gasteiger partial charge is 0.334 e. The molecule has 2 aromatic carbocycles. The number of urea groups is 1. The second kappa shape index (κ2) is 7.85. The molecule has 0 unspecified atom stereocenters. The maximum Gasteiger partial charge on any atom is 0.334 e. The van der Waals surface area contributed by atoms with Crippen molar-refractivity contribution in [2.75, 3.05) is 6.26 Å². The van der Waals surface area contributed by atoms with E-state index in [1.165, 1.54) is 0 Å². The number of halogens is 1. The first-order chi connectivity index (χ1) is 14.0. The van der Waals surface area contributed by atoms with Gasteiger partial charge in [0.2, 0.25) is 0 Å². The lowest BCUT2D eigenvalue weighted by Crippen LogP contribution is -2.32.